The highest BCUT2D eigenvalue weighted by Gasteiger charge is 2.13. The number of hydrogen-bond donors (Lipinski definition) is 2. The Hall–Kier alpha value is -4.46. The van der Waals surface area contributed by atoms with Crippen LogP contribution in [0, 0.1) is 6.92 Å². The number of carboxylic acid groups (broad SMARTS) is 1. The zero-order valence-electron chi connectivity index (χ0n) is 20.6. The summed E-state index contributed by atoms with van der Waals surface area (Å²) in [4.78, 5) is 32.2. The van der Waals surface area contributed by atoms with Crippen LogP contribution in [0.1, 0.15) is 50.9 Å². The number of aryl methyl sites for hydroxylation is 2. The molecule has 0 saturated heterocycles. The predicted octanol–water partition coefficient (Wildman–Crippen LogP) is 4.54. The highest BCUT2D eigenvalue weighted by atomic mass is 16.5. The molecule has 0 fully saturated rings. The molecule has 8 nitrogen and oxygen atoms in total. The lowest BCUT2D eigenvalue weighted by Crippen LogP contribution is -2.24. The van der Waals surface area contributed by atoms with Crippen LogP contribution in [0.25, 0.3) is 0 Å². The molecule has 2 N–H and O–H groups in total. The monoisotopic (exact) mass is 499 g/mol. The van der Waals surface area contributed by atoms with E-state index in [0.29, 0.717) is 43.2 Å². The standard InChI is InChI=1S/C29H29N3O5/c1-20-25(32-27(37-20)17-21-7-3-2-4-8-21)14-16-36-24-12-10-22(11-13-28(33)34)23(18-24)19-31-29(35)26-9-5-6-15-30-26/h2-10,12,15,18H,11,13-14,16-17,19H2,1H3,(H,31,35)(H,33,34). The van der Waals surface area contributed by atoms with E-state index in [4.69, 9.17) is 14.3 Å². The molecule has 1 amide bonds. The van der Waals surface area contributed by atoms with Crippen LogP contribution in [-0.4, -0.2) is 33.6 Å². The highest BCUT2D eigenvalue weighted by molar-refractivity contribution is 5.92. The van der Waals surface area contributed by atoms with Gasteiger partial charge in [0.15, 0.2) is 5.89 Å². The van der Waals surface area contributed by atoms with Crippen LogP contribution in [0.5, 0.6) is 5.75 Å². The molecule has 37 heavy (non-hydrogen) atoms. The van der Waals surface area contributed by atoms with Gasteiger partial charge in [-0.2, -0.15) is 0 Å². The fourth-order valence-electron chi connectivity index (χ4n) is 3.94. The minimum absolute atomic E-state index is 0.00184. The zero-order valence-corrected chi connectivity index (χ0v) is 20.6. The summed E-state index contributed by atoms with van der Waals surface area (Å²) in [5, 5.41) is 12.0. The predicted molar refractivity (Wildman–Crippen MR) is 137 cm³/mol. The number of pyridine rings is 1. The zero-order chi connectivity index (χ0) is 26.0. The van der Waals surface area contributed by atoms with Crippen LogP contribution >= 0.6 is 0 Å². The molecule has 4 aromatic rings. The van der Waals surface area contributed by atoms with E-state index in [1.807, 2.05) is 55.5 Å². The molecule has 0 aliphatic carbocycles. The van der Waals surface area contributed by atoms with Crippen molar-refractivity contribution in [1.82, 2.24) is 15.3 Å². The number of ether oxygens (including phenoxy) is 1. The lowest BCUT2D eigenvalue weighted by molar-refractivity contribution is -0.136. The van der Waals surface area contributed by atoms with Gasteiger partial charge in [-0.3, -0.25) is 14.6 Å². The molecule has 0 unspecified atom stereocenters. The second-order valence-corrected chi connectivity index (χ2v) is 8.59. The second-order valence-electron chi connectivity index (χ2n) is 8.59. The SMILES string of the molecule is Cc1oc(Cc2ccccc2)nc1CCOc1ccc(CCC(=O)O)c(CNC(=O)c2ccccn2)c1. The summed E-state index contributed by atoms with van der Waals surface area (Å²) in [6.07, 6.45) is 3.12. The van der Waals surface area contributed by atoms with E-state index < -0.39 is 5.97 Å². The molecule has 4 rings (SSSR count). The van der Waals surface area contributed by atoms with Gasteiger partial charge in [-0.1, -0.05) is 42.5 Å². The number of hydrogen-bond acceptors (Lipinski definition) is 6. The van der Waals surface area contributed by atoms with E-state index in [0.717, 1.165) is 28.1 Å². The number of carboxylic acids is 1. The van der Waals surface area contributed by atoms with Gasteiger partial charge in [0.2, 0.25) is 0 Å². The molecule has 2 aromatic heterocycles. The van der Waals surface area contributed by atoms with Crippen molar-refractivity contribution in [2.24, 2.45) is 0 Å². The van der Waals surface area contributed by atoms with Gasteiger partial charge >= 0.3 is 5.97 Å². The number of aliphatic carboxylic acids is 1. The summed E-state index contributed by atoms with van der Waals surface area (Å²) < 4.78 is 11.8. The quantitative estimate of drug-likeness (QED) is 0.294. The largest absolute Gasteiger partial charge is 0.493 e. The molecular weight excluding hydrogens is 470 g/mol. The molecule has 0 bridgehead atoms. The van der Waals surface area contributed by atoms with Crippen LogP contribution < -0.4 is 10.1 Å². The van der Waals surface area contributed by atoms with Gasteiger partial charge in [0.1, 0.15) is 17.2 Å². The Morgan fingerprint density at radius 2 is 1.81 bits per heavy atom. The van der Waals surface area contributed by atoms with Crippen LogP contribution in [-0.2, 0) is 30.6 Å². The maximum absolute atomic E-state index is 12.4. The van der Waals surface area contributed by atoms with E-state index in [1.54, 1.807) is 24.4 Å². The molecule has 2 aromatic carbocycles. The summed E-state index contributed by atoms with van der Waals surface area (Å²) >= 11 is 0. The van der Waals surface area contributed by atoms with Crippen LogP contribution in [0.15, 0.2) is 77.3 Å². The van der Waals surface area contributed by atoms with Crippen LogP contribution in [0.3, 0.4) is 0 Å². The third-order valence-electron chi connectivity index (χ3n) is 5.87. The third-order valence-corrected chi connectivity index (χ3v) is 5.87. The molecule has 0 saturated carbocycles. The summed E-state index contributed by atoms with van der Waals surface area (Å²) in [5.74, 6) is 0.901. The first-order chi connectivity index (χ1) is 18.0. The highest BCUT2D eigenvalue weighted by Crippen LogP contribution is 2.21. The third kappa shape index (κ3) is 7.51. The molecule has 0 radical (unpaired) electrons. The Morgan fingerprint density at radius 3 is 2.57 bits per heavy atom. The molecule has 2 heterocycles. The van der Waals surface area contributed by atoms with Gasteiger partial charge in [-0.05, 0) is 54.3 Å². The minimum atomic E-state index is -0.876. The minimum Gasteiger partial charge on any atom is -0.493 e. The van der Waals surface area contributed by atoms with Gasteiger partial charge in [-0.25, -0.2) is 4.98 Å². The van der Waals surface area contributed by atoms with E-state index in [2.05, 4.69) is 15.3 Å². The average Bonchev–Trinajstić information content (AvgIpc) is 3.26. The lowest BCUT2D eigenvalue weighted by atomic mass is 10.0. The first-order valence-corrected chi connectivity index (χ1v) is 12.1. The number of amides is 1. The number of oxazole rings is 1. The molecule has 0 spiro atoms. The smallest absolute Gasteiger partial charge is 0.303 e. The number of carbonyl (C=O) groups is 2. The lowest BCUT2D eigenvalue weighted by Gasteiger charge is -2.13. The van der Waals surface area contributed by atoms with Gasteiger partial charge in [0.05, 0.1) is 12.3 Å². The maximum atomic E-state index is 12.4. The fraction of sp³-hybridized carbons (Fsp3) is 0.241. The molecule has 0 aliphatic rings. The Balaban J connectivity index is 1.38. The first kappa shape index (κ1) is 25.6. The van der Waals surface area contributed by atoms with Crippen molar-refractivity contribution in [2.45, 2.75) is 39.2 Å². The molecule has 190 valence electrons. The Bertz CT molecular complexity index is 1340. The number of carbonyl (C=O) groups excluding carboxylic acids is 1. The normalized spacial score (nSPS) is 10.7. The number of aromatic nitrogens is 2. The van der Waals surface area contributed by atoms with Crippen molar-refractivity contribution in [2.75, 3.05) is 6.61 Å². The van der Waals surface area contributed by atoms with Crippen molar-refractivity contribution in [3.63, 3.8) is 0 Å². The van der Waals surface area contributed by atoms with Gasteiger partial charge < -0.3 is 19.6 Å². The van der Waals surface area contributed by atoms with Gasteiger partial charge in [-0.15, -0.1) is 0 Å². The van der Waals surface area contributed by atoms with E-state index >= 15 is 0 Å². The summed E-state index contributed by atoms with van der Waals surface area (Å²) in [6.45, 7) is 2.52. The van der Waals surface area contributed by atoms with Crippen LogP contribution in [0.2, 0.25) is 0 Å². The number of benzene rings is 2. The van der Waals surface area contributed by atoms with Gasteiger partial charge in [0.25, 0.3) is 5.91 Å². The van der Waals surface area contributed by atoms with E-state index in [1.165, 1.54) is 0 Å². The van der Waals surface area contributed by atoms with E-state index in [9.17, 15) is 9.59 Å². The number of rotatable bonds is 12. The topological polar surface area (TPSA) is 115 Å². The summed E-state index contributed by atoms with van der Waals surface area (Å²) in [5.41, 5.74) is 3.94. The Kier molecular flexibility index (Phi) is 8.65. The summed E-state index contributed by atoms with van der Waals surface area (Å²) in [6, 6.07) is 20.7. The Morgan fingerprint density at radius 1 is 1.00 bits per heavy atom. The van der Waals surface area contributed by atoms with Crippen molar-refractivity contribution in [3.8, 4) is 5.75 Å². The first-order valence-electron chi connectivity index (χ1n) is 12.1. The molecule has 0 atom stereocenters. The fourth-order valence-corrected chi connectivity index (χ4v) is 3.94. The molecule has 8 heteroatoms. The van der Waals surface area contributed by atoms with Crippen molar-refractivity contribution in [1.29, 1.82) is 0 Å². The second kappa shape index (κ2) is 12.5. The van der Waals surface area contributed by atoms with Crippen molar-refractivity contribution < 1.29 is 23.8 Å². The number of nitrogens with zero attached hydrogens (tertiary/aromatic N) is 2. The number of nitrogens with one attached hydrogen (secondary N) is 1. The van der Waals surface area contributed by atoms with Crippen LogP contribution in [0.4, 0.5) is 0 Å². The van der Waals surface area contributed by atoms with E-state index in [-0.39, 0.29) is 18.9 Å². The molecular formula is C29H29N3O5. The van der Waals surface area contributed by atoms with Crippen molar-refractivity contribution >= 4 is 11.9 Å². The maximum Gasteiger partial charge on any atom is 0.303 e. The summed E-state index contributed by atoms with van der Waals surface area (Å²) in [7, 11) is 0. The molecule has 0 aliphatic heterocycles. The van der Waals surface area contributed by atoms with Crippen molar-refractivity contribution in [3.05, 3.63) is 113 Å². The van der Waals surface area contributed by atoms with Gasteiger partial charge in [0, 0.05) is 32.0 Å². The average molecular weight is 500 g/mol. The Labute approximate surface area is 215 Å².